The Morgan fingerprint density at radius 3 is 2.90 bits per heavy atom. The van der Waals surface area contributed by atoms with Gasteiger partial charge in [0.1, 0.15) is 0 Å². The fraction of sp³-hybridized carbons (Fsp3) is 0.304. The lowest BCUT2D eigenvalue weighted by Gasteiger charge is -2.29. The number of fused-ring (bicyclic) bond motifs is 2. The van der Waals surface area contributed by atoms with E-state index >= 15 is 0 Å². The summed E-state index contributed by atoms with van der Waals surface area (Å²) < 4.78 is 3.02. The molecular formula is C23H24N4OS. The van der Waals surface area contributed by atoms with Gasteiger partial charge < -0.3 is 5.11 Å². The van der Waals surface area contributed by atoms with Gasteiger partial charge in [0.2, 0.25) is 0 Å². The van der Waals surface area contributed by atoms with Gasteiger partial charge in [-0.05, 0) is 53.8 Å². The van der Waals surface area contributed by atoms with Crippen molar-refractivity contribution >= 4 is 21.6 Å². The van der Waals surface area contributed by atoms with Gasteiger partial charge in [0.05, 0.1) is 28.0 Å². The monoisotopic (exact) mass is 404 g/mol. The predicted molar refractivity (Wildman–Crippen MR) is 117 cm³/mol. The van der Waals surface area contributed by atoms with Crippen LogP contribution in [0, 0.1) is 0 Å². The summed E-state index contributed by atoms with van der Waals surface area (Å²) in [6.07, 6.45) is 4.31. The molecule has 6 heteroatoms. The number of hydrogen-bond acceptors (Lipinski definition) is 5. The summed E-state index contributed by atoms with van der Waals surface area (Å²) in [4.78, 5) is 6.83. The van der Waals surface area contributed by atoms with Crippen LogP contribution in [0.15, 0.2) is 54.3 Å². The summed E-state index contributed by atoms with van der Waals surface area (Å²) in [5.41, 5.74) is 8.65. The van der Waals surface area contributed by atoms with E-state index in [1.165, 1.54) is 15.8 Å². The summed E-state index contributed by atoms with van der Waals surface area (Å²) in [6, 6.07) is 13.2. The molecule has 148 valence electrons. The maximum absolute atomic E-state index is 11.0. The second-order valence-corrected chi connectivity index (χ2v) is 8.72. The van der Waals surface area contributed by atoms with Gasteiger partial charge in [-0.3, -0.25) is 9.58 Å². The molecular weight excluding hydrogens is 380 g/mol. The zero-order chi connectivity index (χ0) is 20.0. The molecule has 0 aliphatic carbocycles. The molecule has 5 nitrogen and oxygen atoms in total. The molecule has 0 fully saturated rings. The number of aromatic nitrogens is 3. The van der Waals surface area contributed by atoms with E-state index in [-0.39, 0.29) is 6.04 Å². The second kappa shape index (κ2) is 7.37. The highest BCUT2D eigenvalue weighted by Crippen LogP contribution is 2.33. The van der Waals surface area contributed by atoms with Crippen molar-refractivity contribution in [3.63, 3.8) is 0 Å². The molecule has 0 radical (unpaired) electrons. The predicted octanol–water partition coefficient (Wildman–Crippen LogP) is 4.35. The Kier molecular flexibility index (Phi) is 4.70. The fourth-order valence-electron chi connectivity index (χ4n) is 4.26. The molecule has 1 unspecified atom stereocenters. The normalized spacial score (nSPS) is 18.5. The van der Waals surface area contributed by atoms with Gasteiger partial charge in [-0.1, -0.05) is 18.2 Å². The van der Waals surface area contributed by atoms with Crippen molar-refractivity contribution in [3.05, 3.63) is 71.0 Å². The van der Waals surface area contributed by atoms with Gasteiger partial charge in [-0.15, -0.1) is 11.3 Å². The Morgan fingerprint density at radius 2 is 2.07 bits per heavy atom. The molecule has 4 aromatic rings. The summed E-state index contributed by atoms with van der Waals surface area (Å²) in [6.45, 7) is 3.77. The van der Waals surface area contributed by atoms with E-state index in [1.807, 2.05) is 25.0 Å². The van der Waals surface area contributed by atoms with Crippen LogP contribution in [0.3, 0.4) is 0 Å². The van der Waals surface area contributed by atoms with E-state index in [2.05, 4.69) is 58.3 Å². The number of thiazole rings is 1. The molecule has 1 aliphatic heterocycles. The van der Waals surface area contributed by atoms with Crippen molar-refractivity contribution in [2.75, 3.05) is 13.1 Å². The second-order valence-electron chi connectivity index (χ2n) is 7.83. The van der Waals surface area contributed by atoms with E-state index in [4.69, 9.17) is 0 Å². The Morgan fingerprint density at radius 1 is 1.17 bits per heavy atom. The summed E-state index contributed by atoms with van der Waals surface area (Å²) in [5.74, 6) is 0. The highest BCUT2D eigenvalue weighted by atomic mass is 32.1. The maximum Gasteiger partial charge on any atom is 0.0920 e. The Bertz CT molecular complexity index is 1160. The summed E-state index contributed by atoms with van der Waals surface area (Å²) in [5, 5.41) is 15.3. The Labute approximate surface area is 174 Å². The third-order valence-corrected chi connectivity index (χ3v) is 6.81. The third kappa shape index (κ3) is 3.48. The van der Waals surface area contributed by atoms with Crippen LogP contribution in [-0.2, 0) is 13.5 Å². The van der Waals surface area contributed by atoms with E-state index in [0.717, 1.165) is 35.2 Å². The van der Waals surface area contributed by atoms with Crippen molar-refractivity contribution < 1.29 is 5.11 Å². The van der Waals surface area contributed by atoms with E-state index in [0.29, 0.717) is 6.54 Å². The van der Waals surface area contributed by atoms with Crippen LogP contribution in [-0.4, -0.2) is 37.9 Å². The average Bonchev–Trinajstić information content (AvgIpc) is 3.34. The molecule has 29 heavy (non-hydrogen) atoms. The molecule has 0 saturated heterocycles. The first-order chi connectivity index (χ1) is 14.1. The molecule has 2 atom stereocenters. The van der Waals surface area contributed by atoms with Crippen LogP contribution in [0.5, 0.6) is 0 Å². The van der Waals surface area contributed by atoms with Gasteiger partial charge in [-0.2, -0.15) is 5.10 Å². The minimum Gasteiger partial charge on any atom is -0.387 e. The topological polar surface area (TPSA) is 54.2 Å². The van der Waals surface area contributed by atoms with Crippen LogP contribution >= 0.6 is 11.3 Å². The molecule has 2 aromatic carbocycles. The first kappa shape index (κ1) is 18.5. The maximum atomic E-state index is 11.0. The quantitative estimate of drug-likeness (QED) is 0.552. The van der Waals surface area contributed by atoms with E-state index in [9.17, 15) is 5.11 Å². The van der Waals surface area contributed by atoms with Gasteiger partial charge in [0.25, 0.3) is 0 Å². The first-order valence-corrected chi connectivity index (χ1v) is 10.8. The number of rotatable bonds is 3. The molecule has 3 heterocycles. The third-order valence-electron chi connectivity index (χ3n) is 6.00. The number of β-amino-alcohol motifs (C(OH)–C–C–N with tert-alkyl or cyclic N) is 1. The number of aliphatic hydroxyl groups is 1. The Hall–Kier alpha value is -2.54. The molecule has 0 amide bonds. The Balaban J connectivity index is 1.41. The number of benzene rings is 2. The molecule has 5 rings (SSSR count). The molecule has 0 bridgehead atoms. The average molecular weight is 405 g/mol. The van der Waals surface area contributed by atoms with E-state index < -0.39 is 6.10 Å². The number of aryl methyl sites for hydroxylation is 1. The largest absolute Gasteiger partial charge is 0.387 e. The lowest BCUT2D eigenvalue weighted by atomic mass is 9.96. The lowest BCUT2D eigenvalue weighted by Crippen LogP contribution is -2.31. The first-order valence-electron chi connectivity index (χ1n) is 9.95. The van der Waals surface area contributed by atoms with Crippen molar-refractivity contribution in [1.29, 1.82) is 0 Å². The standard InChI is InChI=1S/C23H24N4OS/c1-15(17-5-6-23-21(10-17)24-14-29-23)27-8-7-16-3-4-18(9-20(16)22(28)13-27)19-11-25-26(2)12-19/h3-6,9-12,14-15,22,28H,7-8,13H2,1-2H3/t15?,22-/m0/s1. The molecule has 2 aromatic heterocycles. The van der Waals surface area contributed by atoms with Gasteiger partial charge in [0.15, 0.2) is 0 Å². The van der Waals surface area contributed by atoms with Crippen molar-refractivity contribution in [1.82, 2.24) is 19.7 Å². The van der Waals surface area contributed by atoms with Gasteiger partial charge in [0, 0.05) is 37.9 Å². The SMILES string of the molecule is CC(c1ccc2scnc2c1)N1CCc2ccc(-c3cnn(C)c3)cc2[C@@H](O)C1. The van der Waals surface area contributed by atoms with Crippen molar-refractivity contribution in [2.45, 2.75) is 25.5 Å². The summed E-state index contributed by atoms with van der Waals surface area (Å²) >= 11 is 1.67. The fourth-order valence-corrected chi connectivity index (χ4v) is 4.91. The minimum atomic E-state index is -0.505. The summed E-state index contributed by atoms with van der Waals surface area (Å²) in [7, 11) is 1.92. The minimum absolute atomic E-state index is 0.225. The number of hydrogen-bond donors (Lipinski definition) is 1. The van der Waals surface area contributed by atoms with Gasteiger partial charge in [-0.25, -0.2) is 4.98 Å². The van der Waals surface area contributed by atoms with Crippen molar-refractivity contribution in [3.8, 4) is 11.1 Å². The van der Waals surface area contributed by atoms with Gasteiger partial charge >= 0.3 is 0 Å². The van der Waals surface area contributed by atoms with E-state index in [1.54, 1.807) is 16.0 Å². The lowest BCUT2D eigenvalue weighted by molar-refractivity contribution is 0.0985. The zero-order valence-corrected chi connectivity index (χ0v) is 17.4. The van der Waals surface area contributed by atoms with Crippen LogP contribution in [0.2, 0.25) is 0 Å². The highest BCUT2D eigenvalue weighted by molar-refractivity contribution is 7.16. The highest BCUT2D eigenvalue weighted by Gasteiger charge is 2.26. The van der Waals surface area contributed by atoms with Crippen LogP contribution in [0.4, 0.5) is 0 Å². The molecule has 1 N–H and O–H groups in total. The zero-order valence-electron chi connectivity index (χ0n) is 16.6. The molecule has 0 spiro atoms. The molecule has 0 saturated carbocycles. The number of nitrogens with zero attached hydrogens (tertiary/aromatic N) is 4. The number of aliphatic hydroxyl groups excluding tert-OH is 1. The molecule has 1 aliphatic rings. The van der Waals surface area contributed by atoms with Crippen LogP contribution < -0.4 is 0 Å². The van der Waals surface area contributed by atoms with Crippen molar-refractivity contribution in [2.24, 2.45) is 7.05 Å². The van der Waals surface area contributed by atoms with Crippen LogP contribution in [0.1, 0.15) is 35.8 Å². The van der Waals surface area contributed by atoms with Crippen LogP contribution in [0.25, 0.3) is 21.3 Å². The smallest absolute Gasteiger partial charge is 0.0920 e.